The summed E-state index contributed by atoms with van der Waals surface area (Å²) in [6.45, 7) is 3.62. The van der Waals surface area contributed by atoms with Gasteiger partial charge in [0.15, 0.2) is 0 Å². The number of nitrogens with zero attached hydrogens (tertiary/aromatic N) is 1. The number of hydrogen-bond acceptors (Lipinski definition) is 2. The van der Waals surface area contributed by atoms with Crippen LogP contribution in [0.5, 0.6) is 0 Å². The van der Waals surface area contributed by atoms with Crippen molar-refractivity contribution in [1.82, 2.24) is 9.88 Å². The lowest BCUT2D eigenvalue weighted by Gasteiger charge is -2.26. The molecular weight excluding hydrogens is 276 g/mol. The molecule has 0 aliphatic carbocycles. The number of benzene rings is 1. The number of pyridine rings is 1. The van der Waals surface area contributed by atoms with E-state index in [1.165, 1.54) is 6.42 Å². The molecule has 1 saturated heterocycles. The number of carbonyl (C=O) groups is 1. The summed E-state index contributed by atoms with van der Waals surface area (Å²) in [5, 5.41) is 1.03. The third-order valence-electron chi connectivity index (χ3n) is 4.43. The zero-order chi connectivity index (χ0) is 15.5. The number of aromatic amines is 1. The minimum absolute atomic E-state index is 0.0472. The molecule has 1 aliphatic heterocycles. The average Bonchev–Trinajstić information content (AvgIpc) is 2.54. The van der Waals surface area contributed by atoms with E-state index in [0.717, 1.165) is 54.4 Å². The minimum atomic E-state index is -0.0472. The smallest absolute Gasteiger partial charge is 0.251 e. The van der Waals surface area contributed by atoms with Gasteiger partial charge in [-0.1, -0.05) is 12.1 Å². The predicted octanol–water partition coefficient (Wildman–Crippen LogP) is 2.78. The molecule has 2 heterocycles. The second-order valence-electron chi connectivity index (χ2n) is 6.14. The molecule has 0 radical (unpaired) electrons. The van der Waals surface area contributed by atoms with Crippen LogP contribution in [0.15, 0.2) is 29.1 Å². The highest BCUT2D eigenvalue weighted by molar-refractivity contribution is 5.80. The number of amides is 1. The molecule has 3 rings (SSSR count). The zero-order valence-electron chi connectivity index (χ0n) is 13.0. The molecule has 1 amide bonds. The lowest BCUT2D eigenvalue weighted by atomic mass is 10.0. The van der Waals surface area contributed by atoms with Crippen LogP contribution in [-0.2, 0) is 11.2 Å². The molecule has 1 aromatic heterocycles. The van der Waals surface area contributed by atoms with Crippen molar-refractivity contribution in [3.05, 3.63) is 45.7 Å². The van der Waals surface area contributed by atoms with E-state index in [-0.39, 0.29) is 11.5 Å². The molecule has 1 aliphatic rings. The van der Waals surface area contributed by atoms with Crippen LogP contribution in [0.25, 0.3) is 10.9 Å². The van der Waals surface area contributed by atoms with Gasteiger partial charge in [-0.2, -0.15) is 0 Å². The van der Waals surface area contributed by atoms with E-state index in [4.69, 9.17) is 0 Å². The molecule has 0 spiro atoms. The van der Waals surface area contributed by atoms with Crippen LogP contribution in [-0.4, -0.2) is 28.9 Å². The first-order valence-corrected chi connectivity index (χ1v) is 8.04. The third kappa shape index (κ3) is 3.21. The molecule has 0 unspecified atom stereocenters. The maximum absolute atomic E-state index is 12.2. The topological polar surface area (TPSA) is 53.2 Å². The van der Waals surface area contributed by atoms with Crippen LogP contribution in [0, 0.1) is 6.92 Å². The molecule has 0 bridgehead atoms. The van der Waals surface area contributed by atoms with Gasteiger partial charge in [0.05, 0.1) is 0 Å². The number of H-pyrrole nitrogens is 1. The van der Waals surface area contributed by atoms with Crippen molar-refractivity contribution in [2.24, 2.45) is 0 Å². The zero-order valence-corrected chi connectivity index (χ0v) is 13.0. The Hall–Kier alpha value is -2.10. The molecule has 116 valence electrons. The van der Waals surface area contributed by atoms with Gasteiger partial charge in [-0.15, -0.1) is 0 Å². The Kier molecular flexibility index (Phi) is 4.27. The Bertz CT molecular complexity index is 742. The standard InChI is InChI=1S/C18H22N2O2/c1-13-11-15-7-5-14(12-16(15)19-18(13)22)6-8-17(21)20-9-3-2-4-10-20/h5,7,11-12H,2-4,6,8-10H2,1H3,(H,19,22). The normalized spacial score (nSPS) is 15.2. The van der Waals surface area contributed by atoms with E-state index in [1.807, 2.05) is 36.1 Å². The summed E-state index contributed by atoms with van der Waals surface area (Å²) in [7, 11) is 0. The third-order valence-corrected chi connectivity index (χ3v) is 4.43. The van der Waals surface area contributed by atoms with Crippen molar-refractivity contribution in [3.63, 3.8) is 0 Å². The van der Waals surface area contributed by atoms with Crippen molar-refractivity contribution >= 4 is 16.8 Å². The fraction of sp³-hybridized carbons (Fsp3) is 0.444. The number of fused-ring (bicyclic) bond motifs is 1. The Morgan fingerprint density at radius 3 is 2.73 bits per heavy atom. The molecule has 1 aromatic carbocycles. The second-order valence-corrected chi connectivity index (χ2v) is 6.14. The summed E-state index contributed by atoms with van der Waals surface area (Å²) >= 11 is 0. The first-order valence-electron chi connectivity index (χ1n) is 8.04. The van der Waals surface area contributed by atoms with Gasteiger partial charge in [-0.05, 0) is 55.7 Å². The van der Waals surface area contributed by atoms with Crippen molar-refractivity contribution < 1.29 is 4.79 Å². The van der Waals surface area contributed by atoms with Gasteiger partial charge in [0, 0.05) is 30.6 Å². The molecule has 0 saturated carbocycles. The number of carbonyl (C=O) groups excluding carboxylic acids is 1. The van der Waals surface area contributed by atoms with E-state index in [9.17, 15) is 9.59 Å². The van der Waals surface area contributed by atoms with Gasteiger partial charge in [0.1, 0.15) is 0 Å². The van der Waals surface area contributed by atoms with E-state index in [0.29, 0.717) is 6.42 Å². The summed E-state index contributed by atoms with van der Waals surface area (Å²) in [6.07, 6.45) is 4.76. The fourth-order valence-electron chi connectivity index (χ4n) is 3.07. The lowest BCUT2D eigenvalue weighted by molar-refractivity contribution is -0.132. The van der Waals surface area contributed by atoms with Gasteiger partial charge < -0.3 is 9.88 Å². The molecule has 2 aromatic rings. The van der Waals surface area contributed by atoms with Crippen molar-refractivity contribution in [2.75, 3.05) is 13.1 Å². The number of piperidine rings is 1. The summed E-state index contributed by atoms with van der Waals surface area (Å²) in [6, 6.07) is 7.94. The molecule has 4 nitrogen and oxygen atoms in total. The molecule has 1 fully saturated rings. The van der Waals surface area contributed by atoms with E-state index in [2.05, 4.69) is 4.98 Å². The van der Waals surface area contributed by atoms with Crippen LogP contribution >= 0.6 is 0 Å². The van der Waals surface area contributed by atoms with E-state index >= 15 is 0 Å². The Morgan fingerprint density at radius 2 is 1.95 bits per heavy atom. The molecule has 1 N–H and O–H groups in total. The number of hydrogen-bond donors (Lipinski definition) is 1. The SMILES string of the molecule is Cc1cc2ccc(CCC(=O)N3CCCCC3)cc2[nH]c1=O. The fourth-order valence-corrected chi connectivity index (χ4v) is 3.07. The first kappa shape index (κ1) is 14.8. The molecular formula is C18H22N2O2. The number of rotatable bonds is 3. The quantitative estimate of drug-likeness (QED) is 0.947. The van der Waals surface area contributed by atoms with Crippen LogP contribution in [0.2, 0.25) is 0 Å². The Morgan fingerprint density at radius 1 is 1.18 bits per heavy atom. The Labute approximate surface area is 130 Å². The van der Waals surface area contributed by atoms with Crippen LogP contribution < -0.4 is 5.56 Å². The minimum Gasteiger partial charge on any atom is -0.343 e. The second kappa shape index (κ2) is 6.34. The molecule has 4 heteroatoms. The van der Waals surface area contributed by atoms with Crippen molar-refractivity contribution in [1.29, 1.82) is 0 Å². The summed E-state index contributed by atoms with van der Waals surface area (Å²) < 4.78 is 0. The summed E-state index contributed by atoms with van der Waals surface area (Å²) in [4.78, 5) is 28.8. The van der Waals surface area contributed by atoms with Crippen molar-refractivity contribution in [3.8, 4) is 0 Å². The van der Waals surface area contributed by atoms with E-state index < -0.39 is 0 Å². The van der Waals surface area contributed by atoms with Gasteiger partial charge in [0.25, 0.3) is 5.56 Å². The average molecular weight is 298 g/mol. The Balaban J connectivity index is 1.70. The summed E-state index contributed by atoms with van der Waals surface area (Å²) in [5.74, 6) is 0.247. The number of aryl methyl sites for hydroxylation is 2. The van der Waals surface area contributed by atoms with Gasteiger partial charge in [-0.25, -0.2) is 0 Å². The van der Waals surface area contributed by atoms with Gasteiger partial charge in [-0.3, -0.25) is 9.59 Å². The summed E-state index contributed by atoms with van der Waals surface area (Å²) in [5.41, 5.74) is 2.62. The number of aromatic nitrogens is 1. The lowest BCUT2D eigenvalue weighted by Crippen LogP contribution is -2.35. The van der Waals surface area contributed by atoms with Crippen LogP contribution in [0.3, 0.4) is 0 Å². The van der Waals surface area contributed by atoms with Gasteiger partial charge in [0.2, 0.25) is 5.91 Å². The maximum Gasteiger partial charge on any atom is 0.251 e. The highest BCUT2D eigenvalue weighted by atomic mass is 16.2. The van der Waals surface area contributed by atoms with Crippen LogP contribution in [0.4, 0.5) is 0 Å². The van der Waals surface area contributed by atoms with Crippen LogP contribution in [0.1, 0.15) is 36.8 Å². The maximum atomic E-state index is 12.2. The highest BCUT2D eigenvalue weighted by Crippen LogP contribution is 2.16. The van der Waals surface area contributed by atoms with Gasteiger partial charge >= 0.3 is 0 Å². The first-order chi connectivity index (χ1) is 10.6. The largest absolute Gasteiger partial charge is 0.343 e. The highest BCUT2D eigenvalue weighted by Gasteiger charge is 2.16. The number of nitrogens with one attached hydrogen (secondary N) is 1. The monoisotopic (exact) mass is 298 g/mol. The molecule has 22 heavy (non-hydrogen) atoms. The molecule has 0 atom stereocenters. The number of likely N-dealkylation sites (tertiary alicyclic amines) is 1. The van der Waals surface area contributed by atoms with Crippen molar-refractivity contribution in [2.45, 2.75) is 39.0 Å². The predicted molar refractivity (Wildman–Crippen MR) is 88.1 cm³/mol. The van der Waals surface area contributed by atoms with E-state index in [1.54, 1.807) is 0 Å².